The van der Waals surface area contributed by atoms with Gasteiger partial charge in [-0.05, 0) is 82.6 Å². The Labute approximate surface area is 350 Å². The Morgan fingerprint density at radius 2 is 1.18 bits per heavy atom. The van der Waals surface area contributed by atoms with E-state index in [0.717, 1.165) is 77.8 Å². The van der Waals surface area contributed by atoms with Gasteiger partial charge in [0, 0.05) is 75.0 Å². The fourth-order valence-corrected chi connectivity index (χ4v) is 10.8. The van der Waals surface area contributed by atoms with Gasteiger partial charge in [0.2, 0.25) is 0 Å². The zero-order valence-electron chi connectivity index (χ0n) is 32.9. The molecule has 4 fully saturated rings. The average molecular weight is 856 g/mol. The van der Waals surface area contributed by atoms with E-state index in [1.165, 1.54) is 55.2 Å². The van der Waals surface area contributed by atoms with Crippen LogP contribution in [0.15, 0.2) is 23.2 Å². The van der Waals surface area contributed by atoms with Crippen molar-refractivity contribution in [3.63, 3.8) is 0 Å². The molecule has 0 radical (unpaired) electrons. The van der Waals surface area contributed by atoms with Crippen LogP contribution in [0.5, 0.6) is 0 Å². The molecule has 308 valence electrons. The Kier molecular flexibility index (Phi) is 14.0. The molecule has 4 aliphatic rings. The van der Waals surface area contributed by atoms with Crippen LogP contribution in [0.3, 0.4) is 0 Å². The molecule has 8 rings (SSSR count). The van der Waals surface area contributed by atoms with Gasteiger partial charge in [-0.3, -0.25) is 9.59 Å². The fraction of sp³-hybridized carbons (Fsp3) is 0.605. The number of rotatable bonds is 8. The lowest BCUT2D eigenvalue weighted by molar-refractivity contribution is 0.0240. The molecule has 3 saturated heterocycles. The second-order valence-corrected chi connectivity index (χ2v) is 19.0. The lowest BCUT2D eigenvalue weighted by atomic mass is 9.90. The largest absolute Gasteiger partial charge is 0.444 e. The van der Waals surface area contributed by atoms with Crippen LogP contribution in [-0.2, 0) is 4.74 Å². The number of aromatic nitrogens is 4. The molecule has 0 atom stereocenters. The molecule has 1 saturated carbocycles. The maximum Gasteiger partial charge on any atom is 0.410 e. The first-order valence-corrected chi connectivity index (χ1v) is 23.2. The SMILES string of the molecule is CC(C)(C)OC(=O)N1CCN(c2sncc2NC(=O)c2csc(C3CCCCC3)n2)CC1.O=C(Nc1cnsc1N1CCNCC1)c1csc(C2CCNCC2)n1. The van der Waals surface area contributed by atoms with Gasteiger partial charge in [0.15, 0.2) is 0 Å². The predicted octanol–water partition coefficient (Wildman–Crippen LogP) is 6.69. The van der Waals surface area contributed by atoms with Crippen LogP contribution in [-0.4, -0.2) is 113 Å². The summed E-state index contributed by atoms with van der Waals surface area (Å²) in [6, 6.07) is 0. The summed E-state index contributed by atoms with van der Waals surface area (Å²) in [5, 5.41) is 20.5. The van der Waals surface area contributed by atoms with Crippen LogP contribution >= 0.6 is 45.7 Å². The number of thiazole rings is 2. The van der Waals surface area contributed by atoms with Crippen molar-refractivity contribution >= 4 is 85.0 Å². The number of carbonyl (C=O) groups is 3. The van der Waals surface area contributed by atoms with E-state index in [9.17, 15) is 14.4 Å². The fourth-order valence-electron chi connectivity index (χ4n) is 7.33. The number of nitrogens with one attached hydrogen (secondary N) is 4. The van der Waals surface area contributed by atoms with Crippen molar-refractivity contribution < 1.29 is 19.1 Å². The van der Waals surface area contributed by atoms with Crippen LogP contribution in [0.4, 0.5) is 26.2 Å². The van der Waals surface area contributed by atoms with Crippen molar-refractivity contribution in [1.82, 2.24) is 34.2 Å². The minimum absolute atomic E-state index is 0.145. The number of carbonyl (C=O) groups excluding carboxylic acids is 3. The number of amides is 3. The van der Waals surface area contributed by atoms with Gasteiger partial charge in [-0.1, -0.05) is 19.3 Å². The van der Waals surface area contributed by atoms with E-state index in [2.05, 4.69) is 49.8 Å². The zero-order chi connectivity index (χ0) is 39.8. The summed E-state index contributed by atoms with van der Waals surface area (Å²) >= 11 is 5.97. The van der Waals surface area contributed by atoms with Gasteiger partial charge in [0.25, 0.3) is 11.8 Å². The first-order chi connectivity index (χ1) is 27.6. The predicted molar refractivity (Wildman–Crippen MR) is 230 cm³/mol. The molecule has 0 aromatic carbocycles. The van der Waals surface area contributed by atoms with Gasteiger partial charge in [-0.2, -0.15) is 8.75 Å². The van der Waals surface area contributed by atoms with E-state index in [1.807, 2.05) is 31.5 Å². The summed E-state index contributed by atoms with van der Waals surface area (Å²) in [7, 11) is 0. The highest BCUT2D eigenvalue weighted by atomic mass is 32.1. The molecule has 4 aromatic rings. The van der Waals surface area contributed by atoms with Crippen LogP contribution in [0.1, 0.15) is 109 Å². The van der Waals surface area contributed by atoms with Crippen molar-refractivity contribution in [3.05, 3.63) is 44.6 Å². The van der Waals surface area contributed by atoms with E-state index >= 15 is 0 Å². The van der Waals surface area contributed by atoms with E-state index in [1.54, 1.807) is 40.0 Å². The van der Waals surface area contributed by atoms with Crippen molar-refractivity contribution in [2.75, 3.05) is 85.9 Å². The highest BCUT2D eigenvalue weighted by Crippen LogP contribution is 2.36. The monoisotopic (exact) mass is 855 g/mol. The number of nitrogens with zero attached hydrogens (tertiary/aromatic N) is 7. The Morgan fingerprint density at radius 3 is 1.70 bits per heavy atom. The molecular weight excluding hydrogens is 803 g/mol. The lowest BCUT2D eigenvalue weighted by Gasteiger charge is -2.36. The minimum atomic E-state index is -0.504. The summed E-state index contributed by atoms with van der Waals surface area (Å²) < 4.78 is 14.0. The van der Waals surface area contributed by atoms with Crippen LogP contribution in [0.25, 0.3) is 0 Å². The summed E-state index contributed by atoms with van der Waals surface area (Å²) in [5.41, 5.74) is 1.96. The Bertz CT molecular complexity index is 1930. The molecule has 1 aliphatic carbocycles. The van der Waals surface area contributed by atoms with Crippen LogP contribution in [0, 0.1) is 0 Å². The quantitative estimate of drug-likeness (QED) is 0.149. The maximum atomic E-state index is 12.8. The van der Waals surface area contributed by atoms with Gasteiger partial charge in [-0.25, -0.2) is 14.8 Å². The number of hydrogen-bond acceptors (Lipinski definition) is 16. The summed E-state index contributed by atoms with van der Waals surface area (Å²) in [6.45, 7) is 13.9. The Balaban J connectivity index is 0.000000179. The van der Waals surface area contributed by atoms with Gasteiger partial charge in [0.1, 0.15) is 27.0 Å². The van der Waals surface area contributed by atoms with Gasteiger partial charge in [-0.15, -0.1) is 22.7 Å². The number of anilines is 4. The second-order valence-electron chi connectivity index (χ2n) is 15.7. The third-order valence-corrected chi connectivity index (χ3v) is 14.1. The average Bonchev–Trinajstić information content (AvgIpc) is 4.07. The highest BCUT2D eigenvalue weighted by Gasteiger charge is 2.29. The standard InChI is InChI=1S/C22H31N5O3S2.C16H22N6OS2/c1-22(2,3)30-21(29)27-11-9-26(10-12-27)20-16(13-23-32-20)24-18(28)17-14-31-19(25-17)15-7-5-4-6-8-15;23-14(13-10-24-15(21-13)11-1-3-17-4-2-11)20-12-9-19-25-16(12)22-7-5-18-6-8-22/h13-15H,4-12H2,1-3H3,(H,24,28);9-11,17-18H,1-8H2,(H,20,23). The number of ether oxygens (including phenoxy) is 1. The smallest absolute Gasteiger partial charge is 0.410 e. The molecule has 7 heterocycles. The van der Waals surface area contributed by atoms with E-state index in [0.29, 0.717) is 55.1 Å². The number of hydrogen-bond donors (Lipinski definition) is 4. The second kappa shape index (κ2) is 19.3. The molecule has 3 aliphatic heterocycles. The number of piperazine rings is 2. The normalized spacial score (nSPS) is 18.5. The molecular formula is C38H53N11O4S4. The van der Waals surface area contributed by atoms with E-state index in [-0.39, 0.29) is 17.9 Å². The van der Waals surface area contributed by atoms with E-state index < -0.39 is 5.60 Å². The lowest BCUT2D eigenvalue weighted by Crippen LogP contribution is -2.50. The van der Waals surface area contributed by atoms with E-state index in [4.69, 9.17) is 4.74 Å². The molecule has 57 heavy (non-hydrogen) atoms. The van der Waals surface area contributed by atoms with Crippen molar-refractivity contribution in [1.29, 1.82) is 0 Å². The molecule has 0 unspecified atom stereocenters. The highest BCUT2D eigenvalue weighted by molar-refractivity contribution is 7.11. The van der Waals surface area contributed by atoms with Gasteiger partial charge in [0.05, 0.1) is 33.8 Å². The third-order valence-electron chi connectivity index (χ3n) is 10.4. The molecule has 4 N–H and O–H groups in total. The molecule has 0 bridgehead atoms. The van der Waals surface area contributed by atoms with Gasteiger partial charge < -0.3 is 40.7 Å². The van der Waals surface area contributed by atoms with Crippen LogP contribution in [0.2, 0.25) is 0 Å². The maximum absolute atomic E-state index is 12.8. The minimum Gasteiger partial charge on any atom is -0.444 e. The van der Waals surface area contributed by atoms with Gasteiger partial charge >= 0.3 is 6.09 Å². The summed E-state index contributed by atoms with van der Waals surface area (Å²) in [4.78, 5) is 53.1. The number of piperidine rings is 1. The molecule has 3 amide bonds. The van der Waals surface area contributed by atoms with Crippen LogP contribution < -0.4 is 31.1 Å². The molecule has 0 spiro atoms. The topological polar surface area (TPSA) is 170 Å². The molecule has 4 aromatic heterocycles. The zero-order valence-corrected chi connectivity index (χ0v) is 36.1. The van der Waals surface area contributed by atoms with Crippen molar-refractivity contribution in [2.24, 2.45) is 0 Å². The van der Waals surface area contributed by atoms with Crippen molar-refractivity contribution in [3.8, 4) is 0 Å². The first kappa shape index (κ1) is 41.4. The van der Waals surface area contributed by atoms with Crippen molar-refractivity contribution in [2.45, 2.75) is 83.2 Å². The summed E-state index contributed by atoms with van der Waals surface area (Å²) in [5.74, 6) is 0.632. The third kappa shape index (κ3) is 11.1. The Hall–Kier alpha value is -3.75. The first-order valence-electron chi connectivity index (χ1n) is 19.9. The molecule has 15 nitrogen and oxygen atoms in total. The Morgan fingerprint density at radius 1 is 0.684 bits per heavy atom. The summed E-state index contributed by atoms with van der Waals surface area (Å²) in [6.07, 6.45) is 11.5. The molecule has 19 heteroatoms.